The third-order valence-corrected chi connectivity index (χ3v) is 7.36. The monoisotopic (exact) mass is 514 g/mol. The number of nitrogens with zero attached hydrogens (tertiary/aromatic N) is 4. The van der Waals surface area contributed by atoms with Gasteiger partial charge in [-0.25, -0.2) is 4.98 Å². The third kappa shape index (κ3) is 6.48. The Morgan fingerprint density at radius 1 is 0.795 bits per heavy atom. The highest BCUT2D eigenvalue weighted by atomic mass is 15.2. The molecule has 0 saturated carbocycles. The zero-order valence-electron chi connectivity index (χ0n) is 22.1. The molecule has 1 atom stereocenters. The molecule has 1 aliphatic rings. The smallest absolute Gasteiger partial charge is 0.121 e. The molecule has 2 N–H and O–H groups in total. The van der Waals surface area contributed by atoms with Crippen molar-refractivity contribution in [2.45, 2.75) is 51.5 Å². The average molecular weight is 515 g/mol. The minimum atomic E-state index is 0.331. The number of aryl methyl sites for hydroxylation is 1. The quantitative estimate of drug-likeness (QED) is 0.231. The first-order chi connectivity index (χ1) is 19.3. The fourth-order valence-corrected chi connectivity index (χ4v) is 5.37. The van der Waals surface area contributed by atoms with Gasteiger partial charge in [0.2, 0.25) is 0 Å². The Bertz CT molecular complexity index is 1460. The number of rotatable bonds is 10. The van der Waals surface area contributed by atoms with Crippen LogP contribution in [0, 0.1) is 0 Å². The number of pyridine rings is 2. The number of fused-ring (bicyclic) bond motifs is 1. The van der Waals surface area contributed by atoms with Crippen LogP contribution < -0.4 is 5.32 Å². The van der Waals surface area contributed by atoms with Crippen LogP contribution >= 0.6 is 0 Å². The Kier molecular flexibility index (Phi) is 7.84. The molecule has 1 aliphatic carbocycles. The van der Waals surface area contributed by atoms with E-state index < -0.39 is 0 Å². The number of imidazole rings is 1. The highest BCUT2D eigenvalue weighted by molar-refractivity contribution is 5.58. The molecular weight excluding hydrogens is 480 g/mol. The zero-order valence-corrected chi connectivity index (χ0v) is 22.1. The second kappa shape index (κ2) is 12.2. The Hall–Kier alpha value is -4.13. The fraction of sp³-hybridized carbons (Fsp3) is 0.242. The highest BCUT2D eigenvalue weighted by Gasteiger charge is 2.20. The van der Waals surface area contributed by atoms with Crippen molar-refractivity contribution in [2.24, 2.45) is 0 Å². The summed E-state index contributed by atoms with van der Waals surface area (Å²) in [5.41, 5.74) is 8.31. The first-order valence-electron chi connectivity index (χ1n) is 13.8. The molecule has 3 aromatic heterocycles. The van der Waals surface area contributed by atoms with E-state index in [1.807, 2.05) is 55.0 Å². The van der Waals surface area contributed by atoms with Crippen LogP contribution in [-0.4, -0.2) is 24.8 Å². The molecule has 1 unspecified atom stereocenters. The lowest BCUT2D eigenvalue weighted by molar-refractivity contribution is 0.239. The molecule has 0 radical (unpaired) electrons. The molecule has 2 aromatic carbocycles. The molecule has 0 saturated heterocycles. The second-order valence-electron chi connectivity index (χ2n) is 10.3. The number of aromatic nitrogens is 4. The van der Waals surface area contributed by atoms with E-state index in [9.17, 15) is 0 Å². The minimum absolute atomic E-state index is 0.331. The van der Waals surface area contributed by atoms with Gasteiger partial charge >= 0.3 is 0 Å². The normalized spacial score (nSPS) is 14.8. The Balaban J connectivity index is 1.12. The lowest BCUT2D eigenvalue weighted by Gasteiger charge is -2.25. The molecule has 0 spiro atoms. The van der Waals surface area contributed by atoms with E-state index in [2.05, 4.69) is 73.7 Å². The van der Waals surface area contributed by atoms with Crippen molar-refractivity contribution < 1.29 is 0 Å². The lowest BCUT2D eigenvalue weighted by atomic mass is 9.92. The molecule has 6 heteroatoms. The summed E-state index contributed by atoms with van der Waals surface area (Å²) in [7, 11) is 0. The summed E-state index contributed by atoms with van der Waals surface area (Å²) in [6.07, 6.45) is 9.25. The summed E-state index contributed by atoms with van der Waals surface area (Å²) in [6.45, 7) is 3.11. The Labute approximate surface area is 230 Å². The van der Waals surface area contributed by atoms with Crippen LogP contribution in [0.5, 0.6) is 0 Å². The van der Waals surface area contributed by atoms with Gasteiger partial charge in [0.15, 0.2) is 0 Å². The first kappa shape index (κ1) is 25.2. The summed E-state index contributed by atoms with van der Waals surface area (Å²) in [5, 5.41) is 3.74. The van der Waals surface area contributed by atoms with Crippen molar-refractivity contribution >= 4 is 0 Å². The molecule has 6 nitrogen and oxygen atoms in total. The number of hydrogen-bond acceptors (Lipinski definition) is 5. The summed E-state index contributed by atoms with van der Waals surface area (Å²) >= 11 is 0. The van der Waals surface area contributed by atoms with Crippen molar-refractivity contribution in [3.63, 3.8) is 0 Å². The minimum Gasteiger partial charge on any atom is -0.347 e. The van der Waals surface area contributed by atoms with Gasteiger partial charge in [-0.15, -0.1) is 0 Å². The van der Waals surface area contributed by atoms with E-state index in [-0.39, 0.29) is 0 Å². The molecule has 3 heterocycles. The largest absolute Gasteiger partial charge is 0.347 e. The van der Waals surface area contributed by atoms with Gasteiger partial charge in [-0.05, 0) is 54.2 Å². The number of benzene rings is 2. The van der Waals surface area contributed by atoms with Crippen LogP contribution in [0.25, 0.3) is 11.3 Å². The summed E-state index contributed by atoms with van der Waals surface area (Å²) < 4.78 is 0. The number of hydrogen-bond donors (Lipinski definition) is 2. The maximum absolute atomic E-state index is 4.87. The van der Waals surface area contributed by atoms with Crippen LogP contribution in [-0.2, 0) is 32.6 Å². The van der Waals surface area contributed by atoms with Crippen molar-refractivity contribution in [3.05, 3.63) is 137 Å². The predicted molar refractivity (Wildman–Crippen MR) is 154 cm³/mol. The van der Waals surface area contributed by atoms with Crippen LogP contribution in [0.2, 0.25) is 0 Å². The van der Waals surface area contributed by atoms with E-state index in [0.29, 0.717) is 12.6 Å². The average Bonchev–Trinajstić information content (AvgIpc) is 3.46. The van der Waals surface area contributed by atoms with Crippen LogP contribution in [0.15, 0.2) is 104 Å². The number of H-pyrrole nitrogens is 1. The molecule has 0 amide bonds. The van der Waals surface area contributed by atoms with Gasteiger partial charge in [-0.3, -0.25) is 14.9 Å². The molecule has 39 heavy (non-hydrogen) atoms. The number of nitrogens with one attached hydrogen (secondary N) is 2. The number of aromatic amines is 1. The summed E-state index contributed by atoms with van der Waals surface area (Å²) in [6, 6.07) is 29.9. The fourth-order valence-electron chi connectivity index (χ4n) is 5.37. The van der Waals surface area contributed by atoms with Gasteiger partial charge in [0.1, 0.15) is 5.82 Å². The van der Waals surface area contributed by atoms with Gasteiger partial charge in [-0.1, -0.05) is 66.7 Å². The molecule has 0 aliphatic heterocycles. The predicted octanol–water partition coefficient (Wildman–Crippen LogP) is 6.24. The van der Waals surface area contributed by atoms with Gasteiger partial charge in [0, 0.05) is 43.8 Å². The van der Waals surface area contributed by atoms with Crippen molar-refractivity contribution in [3.8, 4) is 11.3 Å². The highest BCUT2D eigenvalue weighted by Crippen LogP contribution is 2.28. The maximum Gasteiger partial charge on any atom is 0.121 e. The van der Waals surface area contributed by atoms with Gasteiger partial charge in [-0.2, -0.15) is 0 Å². The van der Waals surface area contributed by atoms with Gasteiger partial charge < -0.3 is 10.3 Å². The summed E-state index contributed by atoms with van der Waals surface area (Å²) in [4.78, 5) is 19.9. The molecule has 196 valence electrons. The Morgan fingerprint density at radius 3 is 2.46 bits per heavy atom. The van der Waals surface area contributed by atoms with E-state index in [1.165, 1.54) is 28.8 Å². The summed E-state index contributed by atoms with van der Waals surface area (Å²) in [5.74, 6) is 0.951. The molecule has 0 fully saturated rings. The van der Waals surface area contributed by atoms with E-state index in [1.54, 1.807) is 0 Å². The zero-order chi connectivity index (χ0) is 26.3. The topological polar surface area (TPSA) is 69.7 Å². The van der Waals surface area contributed by atoms with Crippen molar-refractivity contribution in [1.29, 1.82) is 0 Å². The lowest BCUT2D eigenvalue weighted by Crippen LogP contribution is -2.26. The van der Waals surface area contributed by atoms with E-state index in [4.69, 9.17) is 4.98 Å². The standard InChI is InChI=1S/C33H34N6/c1-2-8-27(9-3-1)31-21-37-32(38-31)24-39(23-29-12-4-5-18-34-29)22-26-16-14-25(15-17-26)20-36-30-13-6-10-28-11-7-19-35-33(28)30/h1-5,7-9,11-12,14-19,21,30,36H,6,10,13,20,22-24H2,(H,37,38). The van der Waals surface area contributed by atoms with Crippen LogP contribution in [0.3, 0.4) is 0 Å². The maximum atomic E-state index is 4.87. The van der Waals surface area contributed by atoms with Crippen LogP contribution in [0.1, 0.15) is 52.8 Å². The molecule has 5 aromatic rings. The molecule has 6 rings (SSSR count). The first-order valence-corrected chi connectivity index (χ1v) is 13.8. The SMILES string of the molecule is c1ccc(-c2c[nH]c(CN(Cc3ccc(CNC4CCCc5cccnc54)cc3)Cc3ccccn3)n2)cc1. The molecule has 0 bridgehead atoms. The van der Waals surface area contributed by atoms with Crippen LogP contribution in [0.4, 0.5) is 0 Å². The molecular formula is C33H34N6. The van der Waals surface area contributed by atoms with Gasteiger partial charge in [0.05, 0.1) is 29.7 Å². The van der Waals surface area contributed by atoms with E-state index >= 15 is 0 Å². The second-order valence-corrected chi connectivity index (χ2v) is 10.3. The van der Waals surface area contributed by atoms with Crippen molar-refractivity contribution in [1.82, 2.24) is 30.2 Å². The Morgan fingerprint density at radius 2 is 1.62 bits per heavy atom. The van der Waals surface area contributed by atoms with E-state index in [0.717, 1.165) is 55.3 Å². The third-order valence-electron chi connectivity index (χ3n) is 7.36. The van der Waals surface area contributed by atoms with Gasteiger partial charge in [0.25, 0.3) is 0 Å². The van der Waals surface area contributed by atoms with Crippen molar-refractivity contribution in [2.75, 3.05) is 0 Å².